The first-order valence-electron chi connectivity index (χ1n) is 6.84. The molecule has 0 spiro atoms. The number of nitrogens with one attached hydrogen (secondary N) is 1. The summed E-state index contributed by atoms with van der Waals surface area (Å²) in [5.41, 5.74) is 3.15. The molecule has 0 radical (unpaired) electrons. The summed E-state index contributed by atoms with van der Waals surface area (Å²) in [5, 5.41) is 6.39. The van der Waals surface area contributed by atoms with Crippen LogP contribution in [0.2, 0.25) is 0 Å². The highest BCUT2D eigenvalue weighted by molar-refractivity contribution is 5.25. The Labute approximate surface area is 115 Å². The average Bonchev–Trinajstić information content (AvgIpc) is 2.46. The highest BCUT2D eigenvalue weighted by atomic mass is 16.1. The van der Waals surface area contributed by atoms with E-state index < -0.39 is 0 Å². The molecule has 0 aliphatic rings. The molecule has 3 heteroatoms. The van der Waals surface area contributed by atoms with Gasteiger partial charge in [0.25, 0.3) is 5.56 Å². The Morgan fingerprint density at radius 2 is 1.74 bits per heavy atom. The molecule has 0 saturated heterocycles. The Hall–Kier alpha value is -1.90. The lowest BCUT2D eigenvalue weighted by Gasteiger charge is -2.01. The van der Waals surface area contributed by atoms with Gasteiger partial charge < -0.3 is 0 Å². The zero-order valence-electron chi connectivity index (χ0n) is 12.5. The molecule has 1 aromatic heterocycles. The van der Waals surface area contributed by atoms with Gasteiger partial charge in [-0.3, -0.25) is 4.79 Å². The third-order valence-corrected chi connectivity index (χ3v) is 2.20. The van der Waals surface area contributed by atoms with Crippen molar-refractivity contribution >= 4 is 0 Å². The van der Waals surface area contributed by atoms with Crippen molar-refractivity contribution in [2.24, 2.45) is 0 Å². The minimum atomic E-state index is -0.164. The van der Waals surface area contributed by atoms with Crippen LogP contribution in [0.5, 0.6) is 0 Å². The Balaban J connectivity index is 0.000000741. The molecule has 0 saturated carbocycles. The first-order valence-corrected chi connectivity index (χ1v) is 6.84. The van der Waals surface area contributed by atoms with Crippen LogP contribution in [0.3, 0.4) is 0 Å². The number of aromatic nitrogens is 2. The molecule has 0 amide bonds. The van der Waals surface area contributed by atoms with Crippen molar-refractivity contribution in [1.82, 2.24) is 10.2 Å². The van der Waals surface area contributed by atoms with Gasteiger partial charge in [0.2, 0.25) is 0 Å². The number of hydrogen-bond donors (Lipinski definition) is 1. The van der Waals surface area contributed by atoms with Crippen molar-refractivity contribution in [2.75, 3.05) is 0 Å². The van der Waals surface area contributed by atoms with Gasteiger partial charge in [0, 0.05) is 12.5 Å². The van der Waals surface area contributed by atoms with Crippen molar-refractivity contribution in [3.8, 4) is 0 Å². The second kappa shape index (κ2) is 10.1. The van der Waals surface area contributed by atoms with Crippen LogP contribution in [0.1, 0.15) is 44.5 Å². The molecule has 0 bridgehead atoms. The fraction of sp³-hybridized carbons (Fsp3) is 0.375. The number of aryl methyl sites for hydroxylation is 1. The molecule has 3 nitrogen and oxygen atoms in total. The van der Waals surface area contributed by atoms with Crippen LogP contribution in [-0.2, 0) is 6.42 Å². The maximum atomic E-state index is 10.8. The lowest BCUT2D eigenvalue weighted by Crippen LogP contribution is -2.07. The first kappa shape index (κ1) is 17.1. The van der Waals surface area contributed by atoms with E-state index in [0.29, 0.717) is 0 Å². The van der Waals surface area contributed by atoms with Crippen molar-refractivity contribution in [2.45, 2.75) is 41.0 Å². The number of H-pyrrole nitrogens is 1. The molecule has 1 aromatic carbocycles. The largest absolute Gasteiger partial charge is 0.268 e. The summed E-state index contributed by atoms with van der Waals surface area (Å²) in [6.45, 7) is 10.1. The molecule has 1 N–H and O–H groups in total. The smallest absolute Gasteiger partial charge is 0.264 e. The van der Waals surface area contributed by atoms with Crippen LogP contribution < -0.4 is 5.56 Å². The van der Waals surface area contributed by atoms with Gasteiger partial charge in [-0.25, -0.2) is 5.10 Å². The van der Waals surface area contributed by atoms with Crippen LogP contribution in [0.4, 0.5) is 0 Å². The molecule has 0 aliphatic carbocycles. The monoisotopic (exact) mass is 260 g/mol. The van der Waals surface area contributed by atoms with E-state index in [1.54, 1.807) is 6.07 Å². The van der Waals surface area contributed by atoms with E-state index >= 15 is 0 Å². The quantitative estimate of drug-likeness (QED) is 0.894. The highest BCUT2D eigenvalue weighted by Crippen LogP contribution is 2.07. The highest BCUT2D eigenvalue weighted by Gasteiger charge is 1.97. The van der Waals surface area contributed by atoms with Gasteiger partial charge in [-0.1, -0.05) is 57.5 Å². The van der Waals surface area contributed by atoms with Gasteiger partial charge in [-0.15, -0.1) is 0 Å². The summed E-state index contributed by atoms with van der Waals surface area (Å²) in [6.07, 6.45) is 0.748. The lowest BCUT2D eigenvalue weighted by atomic mass is 10.1. The Bertz CT molecular complexity index is 498. The normalized spacial score (nSPS) is 8.68. The van der Waals surface area contributed by atoms with Crippen LogP contribution in [0.25, 0.3) is 0 Å². The van der Waals surface area contributed by atoms with Crippen LogP contribution in [0, 0.1) is 6.92 Å². The topological polar surface area (TPSA) is 45.8 Å². The summed E-state index contributed by atoms with van der Waals surface area (Å²) >= 11 is 0. The first-order chi connectivity index (χ1) is 9.24. The third-order valence-electron chi connectivity index (χ3n) is 2.20. The SMILES string of the molecule is CC.CC.Cc1cccc(Cc2ccc(=O)[nH]n2)c1. The van der Waals surface area contributed by atoms with E-state index in [9.17, 15) is 4.79 Å². The van der Waals surface area contributed by atoms with Crippen molar-refractivity contribution in [3.05, 3.63) is 63.6 Å². The average molecular weight is 260 g/mol. The number of hydrogen-bond acceptors (Lipinski definition) is 2. The number of rotatable bonds is 2. The standard InChI is InChI=1S/C12H12N2O.2C2H6/c1-9-3-2-4-10(7-9)8-11-5-6-12(15)14-13-11;2*1-2/h2-7H,8H2,1H3,(H,14,15);2*1-2H3. The van der Waals surface area contributed by atoms with E-state index in [4.69, 9.17) is 0 Å². The summed E-state index contributed by atoms with van der Waals surface area (Å²) in [6, 6.07) is 11.5. The van der Waals surface area contributed by atoms with Gasteiger partial charge in [-0.2, -0.15) is 5.10 Å². The number of benzene rings is 1. The predicted molar refractivity (Wildman–Crippen MR) is 81.5 cm³/mol. The van der Waals surface area contributed by atoms with Crippen molar-refractivity contribution < 1.29 is 0 Å². The summed E-state index contributed by atoms with van der Waals surface area (Å²) in [7, 11) is 0. The molecule has 0 aliphatic heterocycles. The fourth-order valence-corrected chi connectivity index (χ4v) is 1.50. The zero-order valence-corrected chi connectivity index (χ0v) is 12.5. The van der Waals surface area contributed by atoms with E-state index in [1.165, 1.54) is 17.2 Å². The van der Waals surface area contributed by atoms with E-state index in [-0.39, 0.29) is 5.56 Å². The maximum absolute atomic E-state index is 10.8. The molecule has 2 rings (SSSR count). The second-order valence-corrected chi connectivity index (χ2v) is 3.58. The van der Waals surface area contributed by atoms with Crippen LogP contribution in [0.15, 0.2) is 41.2 Å². The second-order valence-electron chi connectivity index (χ2n) is 3.58. The molecule has 104 valence electrons. The van der Waals surface area contributed by atoms with Crippen molar-refractivity contribution in [1.29, 1.82) is 0 Å². The molecular formula is C16H24N2O. The summed E-state index contributed by atoms with van der Waals surface area (Å²) < 4.78 is 0. The molecule has 2 aromatic rings. The van der Waals surface area contributed by atoms with Gasteiger partial charge in [0.05, 0.1) is 5.69 Å². The molecule has 1 heterocycles. The van der Waals surface area contributed by atoms with Gasteiger partial charge >= 0.3 is 0 Å². The van der Waals surface area contributed by atoms with Gasteiger partial charge in [0.1, 0.15) is 0 Å². The minimum Gasteiger partial charge on any atom is -0.268 e. The lowest BCUT2D eigenvalue weighted by molar-refractivity contribution is 0.910. The minimum absolute atomic E-state index is 0.164. The molecular weight excluding hydrogens is 236 g/mol. The van der Waals surface area contributed by atoms with E-state index in [0.717, 1.165) is 12.1 Å². The van der Waals surface area contributed by atoms with Gasteiger partial charge in [0.15, 0.2) is 0 Å². The Morgan fingerprint density at radius 1 is 1.05 bits per heavy atom. The predicted octanol–water partition coefficient (Wildman–Crippen LogP) is 3.72. The molecule has 0 fully saturated rings. The van der Waals surface area contributed by atoms with Crippen LogP contribution in [-0.4, -0.2) is 10.2 Å². The van der Waals surface area contributed by atoms with Crippen molar-refractivity contribution in [3.63, 3.8) is 0 Å². The molecule has 0 unspecified atom stereocenters. The summed E-state index contributed by atoms with van der Waals surface area (Å²) in [5.74, 6) is 0. The van der Waals surface area contributed by atoms with Gasteiger partial charge in [-0.05, 0) is 18.6 Å². The molecule has 19 heavy (non-hydrogen) atoms. The maximum Gasteiger partial charge on any atom is 0.264 e. The zero-order chi connectivity index (χ0) is 14.7. The Kier molecular flexibility index (Phi) is 9.06. The summed E-state index contributed by atoms with van der Waals surface area (Å²) in [4.78, 5) is 10.8. The Morgan fingerprint density at radius 3 is 2.26 bits per heavy atom. The molecule has 0 atom stereocenters. The number of nitrogens with zero attached hydrogens (tertiary/aromatic N) is 1. The van der Waals surface area contributed by atoms with E-state index in [2.05, 4.69) is 35.3 Å². The fourth-order valence-electron chi connectivity index (χ4n) is 1.50. The van der Waals surface area contributed by atoms with Crippen LogP contribution >= 0.6 is 0 Å². The van der Waals surface area contributed by atoms with E-state index in [1.807, 2.05) is 33.8 Å². The third kappa shape index (κ3) is 6.55. The number of aromatic amines is 1.